The first kappa shape index (κ1) is 12.5. The maximum Gasteiger partial charge on any atom is 0.0855 e. The molecule has 0 radical (unpaired) electrons. The number of benzene rings is 1. The average molecular weight is 273 g/mol. The normalized spacial score (nSPS) is 27.1. The molecule has 1 N–H and O–H groups in total. The van der Waals surface area contributed by atoms with Crippen LogP contribution in [-0.2, 0) is 5.54 Å². The van der Waals surface area contributed by atoms with E-state index in [1.807, 2.05) is 12.1 Å². The lowest BCUT2D eigenvalue weighted by Gasteiger charge is -2.34. The Kier molecular flexibility index (Phi) is 3.19. The number of aliphatic hydroxyl groups is 1. The second-order valence-electron chi connectivity index (χ2n) is 5.12. The molecule has 0 aliphatic heterocycles. The van der Waals surface area contributed by atoms with Crippen LogP contribution in [0.3, 0.4) is 0 Å². The molecule has 1 saturated carbocycles. The summed E-state index contributed by atoms with van der Waals surface area (Å²) in [7, 11) is 0. The third-order valence-electron chi connectivity index (χ3n) is 3.82. The highest BCUT2D eigenvalue weighted by atomic mass is 32.1. The lowest BCUT2D eigenvalue weighted by atomic mass is 9.79. The number of fused-ring (bicyclic) bond motifs is 1. The molecular weight excluding hydrogens is 258 g/mol. The molecule has 2 aromatic rings. The summed E-state index contributed by atoms with van der Waals surface area (Å²) in [5.74, 6) is 0. The topological polar surface area (TPSA) is 69.0 Å². The van der Waals surface area contributed by atoms with Gasteiger partial charge in [-0.1, -0.05) is 23.3 Å². The van der Waals surface area contributed by atoms with Crippen LogP contribution < -0.4 is 0 Å². The molecule has 1 aromatic heterocycles. The second kappa shape index (κ2) is 4.85. The van der Waals surface area contributed by atoms with Gasteiger partial charge in [-0.3, -0.25) is 0 Å². The van der Waals surface area contributed by atoms with E-state index in [-0.39, 0.29) is 6.10 Å². The molecule has 0 saturated heterocycles. The van der Waals surface area contributed by atoms with Crippen molar-refractivity contribution in [1.82, 2.24) is 0 Å². The SMILES string of the molecule is [N-]=[N+]=NC1(c2cc3ccccc3s2)CCCC(O)C1. The predicted octanol–water partition coefficient (Wildman–Crippen LogP) is 4.34. The molecule has 0 amide bonds. The maximum atomic E-state index is 9.93. The minimum atomic E-state index is -0.559. The molecule has 1 aromatic carbocycles. The lowest BCUT2D eigenvalue weighted by Crippen LogP contribution is -2.32. The van der Waals surface area contributed by atoms with Gasteiger partial charge in [0.05, 0.1) is 11.6 Å². The number of aliphatic hydroxyl groups excluding tert-OH is 1. The van der Waals surface area contributed by atoms with Crippen molar-refractivity contribution in [1.29, 1.82) is 0 Å². The van der Waals surface area contributed by atoms with Gasteiger partial charge in [-0.05, 0) is 48.7 Å². The standard InChI is InChI=1S/C14H15N3OS/c15-17-16-14(7-3-5-11(18)9-14)13-8-10-4-1-2-6-12(10)19-13/h1-2,4,6,8,11,18H,3,5,7,9H2. The molecule has 4 nitrogen and oxygen atoms in total. The molecule has 1 fully saturated rings. The van der Waals surface area contributed by atoms with Crippen molar-refractivity contribution in [3.8, 4) is 0 Å². The van der Waals surface area contributed by atoms with Gasteiger partial charge in [-0.25, -0.2) is 0 Å². The first-order valence-electron chi connectivity index (χ1n) is 6.47. The Morgan fingerprint density at radius 3 is 3.00 bits per heavy atom. The van der Waals surface area contributed by atoms with E-state index in [0.29, 0.717) is 6.42 Å². The maximum absolute atomic E-state index is 9.93. The largest absolute Gasteiger partial charge is 0.393 e. The van der Waals surface area contributed by atoms with E-state index in [1.165, 1.54) is 10.1 Å². The lowest BCUT2D eigenvalue weighted by molar-refractivity contribution is 0.0880. The molecule has 2 atom stereocenters. The van der Waals surface area contributed by atoms with E-state index in [0.717, 1.165) is 24.1 Å². The van der Waals surface area contributed by atoms with Crippen molar-refractivity contribution in [2.45, 2.75) is 37.3 Å². The van der Waals surface area contributed by atoms with Gasteiger partial charge in [0.25, 0.3) is 0 Å². The molecule has 1 aliphatic rings. The number of hydrogen-bond donors (Lipinski definition) is 1. The quantitative estimate of drug-likeness (QED) is 0.493. The van der Waals surface area contributed by atoms with Gasteiger partial charge < -0.3 is 5.11 Å². The highest BCUT2D eigenvalue weighted by Gasteiger charge is 2.38. The number of rotatable bonds is 2. The van der Waals surface area contributed by atoms with Crippen molar-refractivity contribution in [3.63, 3.8) is 0 Å². The van der Waals surface area contributed by atoms with E-state index in [4.69, 9.17) is 5.53 Å². The Morgan fingerprint density at radius 1 is 1.42 bits per heavy atom. The molecule has 0 spiro atoms. The van der Waals surface area contributed by atoms with Crippen LogP contribution >= 0.6 is 11.3 Å². The fourth-order valence-corrected chi connectivity index (χ4v) is 4.12. The third kappa shape index (κ3) is 2.21. The summed E-state index contributed by atoms with van der Waals surface area (Å²) in [6.45, 7) is 0. The Morgan fingerprint density at radius 2 is 2.26 bits per heavy atom. The molecule has 3 rings (SSSR count). The first-order chi connectivity index (χ1) is 9.23. The molecule has 5 heteroatoms. The van der Waals surface area contributed by atoms with Crippen molar-refractivity contribution in [3.05, 3.63) is 45.7 Å². The molecule has 1 aliphatic carbocycles. The van der Waals surface area contributed by atoms with E-state index < -0.39 is 5.54 Å². The van der Waals surface area contributed by atoms with Gasteiger partial charge in [-0.2, -0.15) is 0 Å². The summed E-state index contributed by atoms with van der Waals surface area (Å²) in [6, 6.07) is 10.3. The van der Waals surface area contributed by atoms with Gasteiger partial charge in [0.2, 0.25) is 0 Å². The fourth-order valence-electron chi connectivity index (χ4n) is 2.88. The summed E-state index contributed by atoms with van der Waals surface area (Å²) in [5, 5.41) is 15.2. The summed E-state index contributed by atoms with van der Waals surface area (Å²) in [4.78, 5) is 4.11. The van der Waals surface area contributed by atoms with Crippen LogP contribution in [0.25, 0.3) is 20.5 Å². The van der Waals surface area contributed by atoms with Gasteiger partial charge in [0, 0.05) is 14.5 Å². The van der Waals surface area contributed by atoms with E-state index in [2.05, 4.69) is 28.2 Å². The minimum absolute atomic E-state index is 0.371. The Hall–Kier alpha value is -1.55. The second-order valence-corrected chi connectivity index (χ2v) is 6.20. The van der Waals surface area contributed by atoms with Gasteiger partial charge in [-0.15, -0.1) is 11.3 Å². The number of azide groups is 1. The van der Waals surface area contributed by atoms with E-state index >= 15 is 0 Å². The number of thiophene rings is 1. The summed E-state index contributed by atoms with van der Waals surface area (Å²) in [6.07, 6.45) is 2.68. The van der Waals surface area contributed by atoms with E-state index in [9.17, 15) is 5.11 Å². The summed E-state index contributed by atoms with van der Waals surface area (Å²) < 4.78 is 1.20. The van der Waals surface area contributed by atoms with Gasteiger partial charge in [0.1, 0.15) is 0 Å². The monoisotopic (exact) mass is 273 g/mol. The van der Waals surface area contributed by atoms with Crippen LogP contribution in [0.5, 0.6) is 0 Å². The predicted molar refractivity (Wildman–Crippen MR) is 77.1 cm³/mol. The van der Waals surface area contributed by atoms with Crippen LogP contribution in [0.4, 0.5) is 0 Å². The zero-order valence-electron chi connectivity index (χ0n) is 10.5. The molecule has 1 heterocycles. The highest BCUT2D eigenvalue weighted by molar-refractivity contribution is 7.19. The minimum Gasteiger partial charge on any atom is -0.393 e. The molecule has 2 unspecified atom stereocenters. The highest BCUT2D eigenvalue weighted by Crippen LogP contribution is 2.45. The fraction of sp³-hybridized carbons (Fsp3) is 0.429. The van der Waals surface area contributed by atoms with Crippen LogP contribution in [-0.4, -0.2) is 11.2 Å². The van der Waals surface area contributed by atoms with Crippen LogP contribution in [0.15, 0.2) is 35.4 Å². The van der Waals surface area contributed by atoms with Crippen molar-refractivity contribution >= 4 is 21.4 Å². The molecule has 98 valence electrons. The van der Waals surface area contributed by atoms with Crippen molar-refractivity contribution in [2.24, 2.45) is 5.11 Å². The van der Waals surface area contributed by atoms with Crippen LogP contribution in [0.2, 0.25) is 0 Å². The molecular formula is C14H15N3OS. The average Bonchev–Trinajstić information content (AvgIpc) is 2.83. The van der Waals surface area contributed by atoms with Gasteiger partial charge >= 0.3 is 0 Å². The zero-order valence-corrected chi connectivity index (χ0v) is 11.3. The smallest absolute Gasteiger partial charge is 0.0855 e. The van der Waals surface area contributed by atoms with Crippen LogP contribution in [0.1, 0.15) is 30.6 Å². The number of hydrogen-bond acceptors (Lipinski definition) is 3. The zero-order chi connectivity index (χ0) is 13.3. The third-order valence-corrected chi connectivity index (χ3v) is 5.13. The van der Waals surface area contributed by atoms with Crippen molar-refractivity contribution < 1.29 is 5.11 Å². The Labute approximate surface area is 115 Å². The molecule has 19 heavy (non-hydrogen) atoms. The van der Waals surface area contributed by atoms with E-state index in [1.54, 1.807) is 11.3 Å². The first-order valence-corrected chi connectivity index (χ1v) is 7.28. The Bertz CT molecular complexity index is 614. The van der Waals surface area contributed by atoms with Crippen molar-refractivity contribution in [2.75, 3.05) is 0 Å². The Balaban J connectivity index is 2.11. The van der Waals surface area contributed by atoms with Crippen LogP contribution in [0, 0.1) is 0 Å². The van der Waals surface area contributed by atoms with Gasteiger partial charge in [0.15, 0.2) is 0 Å². The summed E-state index contributed by atoms with van der Waals surface area (Å²) in [5.41, 5.74) is 8.33. The molecule has 0 bridgehead atoms. The number of nitrogens with zero attached hydrogens (tertiary/aromatic N) is 3. The summed E-state index contributed by atoms with van der Waals surface area (Å²) >= 11 is 1.67.